The molecule has 0 bridgehead atoms. The number of hydrogen-bond acceptors (Lipinski definition) is 5. The molecule has 158 valence electrons. The maximum absolute atomic E-state index is 13.2. The highest BCUT2D eigenvalue weighted by atomic mass is 16.2. The van der Waals surface area contributed by atoms with Crippen molar-refractivity contribution in [1.82, 2.24) is 5.32 Å². The van der Waals surface area contributed by atoms with E-state index in [1.54, 1.807) is 48.5 Å². The monoisotopic (exact) mass is 415 g/mol. The fraction of sp³-hybridized carbons (Fsp3) is 0.0833. The third-order valence-corrected chi connectivity index (χ3v) is 4.63. The van der Waals surface area contributed by atoms with Gasteiger partial charge in [-0.3, -0.25) is 14.6 Å². The van der Waals surface area contributed by atoms with Crippen molar-refractivity contribution in [2.45, 2.75) is 12.5 Å². The van der Waals surface area contributed by atoms with Crippen LogP contribution in [0.15, 0.2) is 97.3 Å². The fourth-order valence-electron chi connectivity index (χ4n) is 3.09. The number of benzene rings is 3. The molecule has 0 aliphatic carbocycles. The quantitative estimate of drug-likeness (QED) is 0.334. The Bertz CT molecular complexity index is 1040. The van der Waals surface area contributed by atoms with Crippen LogP contribution in [-0.4, -0.2) is 17.9 Å². The van der Waals surface area contributed by atoms with E-state index in [2.05, 4.69) is 10.6 Å². The van der Waals surface area contributed by atoms with E-state index >= 15 is 0 Å². The van der Waals surface area contributed by atoms with Gasteiger partial charge in [0.05, 0.1) is 11.4 Å². The molecule has 1 unspecified atom stereocenters. The Labute approximate surface area is 181 Å². The van der Waals surface area contributed by atoms with E-state index in [4.69, 9.17) is 11.6 Å². The van der Waals surface area contributed by atoms with Crippen LogP contribution in [0.4, 0.5) is 11.4 Å². The number of para-hydroxylation sites is 2. The molecule has 3 aromatic carbocycles. The lowest BCUT2D eigenvalue weighted by Crippen LogP contribution is -2.45. The minimum absolute atomic E-state index is 0.323. The lowest BCUT2D eigenvalue weighted by Gasteiger charge is -2.22. The maximum atomic E-state index is 13.2. The van der Waals surface area contributed by atoms with Gasteiger partial charge in [0.15, 0.2) is 0 Å². The summed E-state index contributed by atoms with van der Waals surface area (Å²) in [5.41, 5.74) is 7.89. The summed E-state index contributed by atoms with van der Waals surface area (Å²) >= 11 is 0. The molecule has 7 heteroatoms. The molecule has 3 rings (SSSR count). The second-order valence-electron chi connectivity index (χ2n) is 6.84. The van der Waals surface area contributed by atoms with Crippen molar-refractivity contribution in [1.29, 1.82) is 0 Å². The second kappa shape index (κ2) is 10.6. The van der Waals surface area contributed by atoms with Gasteiger partial charge in [-0.05, 0) is 29.8 Å². The van der Waals surface area contributed by atoms with Crippen LogP contribution in [0.3, 0.4) is 0 Å². The van der Waals surface area contributed by atoms with E-state index in [-0.39, 0.29) is 11.8 Å². The van der Waals surface area contributed by atoms with Gasteiger partial charge in [-0.15, -0.1) is 0 Å². The Morgan fingerprint density at radius 3 is 2.19 bits per heavy atom. The highest BCUT2D eigenvalue weighted by molar-refractivity contribution is 6.02. The van der Waals surface area contributed by atoms with Crippen molar-refractivity contribution in [2.24, 2.45) is 11.6 Å². The number of carbonyl (C=O) groups excluding carboxylic acids is 2. The smallest absolute Gasteiger partial charge is 0.251 e. The molecule has 1 atom stereocenters. The highest BCUT2D eigenvalue weighted by Gasteiger charge is 2.23. The zero-order chi connectivity index (χ0) is 22.1. The molecule has 0 aromatic heterocycles. The maximum Gasteiger partial charge on any atom is 0.251 e. The minimum atomic E-state index is -0.792. The van der Waals surface area contributed by atoms with E-state index in [0.29, 0.717) is 23.4 Å². The standard InChI is InChI=1S/C24H25N5O2/c25-15-16-29(26)22-14-8-7-13-20(22)27-24(31)21(17-18-9-3-1-4-10-18)28-23(30)19-11-5-2-6-12-19/h1-16,21H,17,25-26H2,(H,27,31)(H,28,30)/b16-15-. The minimum Gasteiger partial charge on any atom is -0.403 e. The molecule has 0 fully saturated rings. The largest absolute Gasteiger partial charge is 0.403 e. The Morgan fingerprint density at radius 2 is 1.52 bits per heavy atom. The van der Waals surface area contributed by atoms with E-state index in [1.807, 2.05) is 36.4 Å². The van der Waals surface area contributed by atoms with Gasteiger partial charge in [0, 0.05) is 24.4 Å². The zero-order valence-corrected chi connectivity index (χ0v) is 16.9. The summed E-state index contributed by atoms with van der Waals surface area (Å²) < 4.78 is 0. The van der Waals surface area contributed by atoms with Crippen molar-refractivity contribution in [3.63, 3.8) is 0 Å². The molecule has 0 spiro atoms. The van der Waals surface area contributed by atoms with Crippen LogP contribution in [0.1, 0.15) is 15.9 Å². The summed E-state index contributed by atoms with van der Waals surface area (Å²) in [6.45, 7) is 0. The molecule has 2 amide bonds. The first-order valence-corrected chi connectivity index (χ1v) is 9.80. The number of carbonyl (C=O) groups is 2. The topological polar surface area (TPSA) is 113 Å². The summed E-state index contributed by atoms with van der Waals surface area (Å²) in [5, 5.41) is 7.03. The van der Waals surface area contributed by atoms with Gasteiger partial charge in [-0.2, -0.15) is 0 Å². The van der Waals surface area contributed by atoms with Crippen LogP contribution in [0.2, 0.25) is 0 Å². The molecule has 0 saturated carbocycles. The SMILES string of the molecule is N/C=C\N(N)c1ccccc1NC(=O)C(Cc1ccccc1)NC(=O)c1ccccc1. The Hall–Kier alpha value is -4.10. The third-order valence-electron chi connectivity index (χ3n) is 4.63. The number of anilines is 2. The molecule has 0 aliphatic rings. The summed E-state index contributed by atoms with van der Waals surface area (Å²) in [4.78, 5) is 25.9. The number of nitrogens with zero attached hydrogens (tertiary/aromatic N) is 1. The Morgan fingerprint density at radius 1 is 0.903 bits per heavy atom. The van der Waals surface area contributed by atoms with Gasteiger partial charge in [0.25, 0.3) is 5.91 Å². The lowest BCUT2D eigenvalue weighted by atomic mass is 10.0. The molecular weight excluding hydrogens is 390 g/mol. The van der Waals surface area contributed by atoms with E-state index < -0.39 is 6.04 Å². The normalized spacial score (nSPS) is 11.6. The average molecular weight is 415 g/mol. The number of nitrogens with two attached hydrogens (primary N) is 2. The van der Waals surface area contributed by atoms with Crippen molar-refractivity contribution in [3.8, 4) is 0 Å². The predicted molar refractivity (Wildman–Crippen MR) is 123 cm³/mol. The Kier molecular flexibility index (Phi) is 7.40. The van der Waals surface area contributed by atoms with Gasteiger partial charge >= 0.3 is 0 Å². The summed E-state index contributed by atoms with van der Waals surface area (Å²) in [6, 6.07) is 24.6. The van der Waals surface area contributed by atoms with E-state index in [0.717, 1.165) is 5.56 Å². The van der Waals surface area contributed by atoms with Crippen molar-refractivity contribution >= 4 is 23.2 Å². The number of rotatable bonds is 8. The summed E-state index contributed by atoms with van der Waals surface area (Å²) in [7, 11) is 0. The van der Waals surface area contributed by atoms with Crippen LogP contribution in [0.5, 0.6) is 0 Å². The average Bonchev–Trinajstić information content (AvgIpc) is 2.80. The molecule has 0 radical (unpaired) electrons. The predicted octanol–water partition coefficient (Wildman–Crippen LogP) is 2.78. The van der Waals surface area contributed by atoms with Crippen molar-refractivity contribution < 1.29 is 9.59 Å². The highest BCUT2D eigenvalue weighted by Crippen LogP contribution is 2.24. The molecule has 0 heterocycles. The van der Waals surface area contributed by atoms with Crippen molar-refractivity contribution in [2.75, 3.05) is 10.3 Å². The number of hydrazine groups is 1. The van der Waals surface area contributed by atoms with Crippen LogP contribution < -0.4 is 27.2 Å². The fourth-order valence-corrected chi connectivity index (χ4v) is 3.09. The first kappa shape index (κ1) is 21.6. The molecule has 6 N–H and O–H groups in total. The van der Waals surface area contributed by atoms with E-state index in [1.165, 1.54) is 17.4 Å². The molecule has 31 heavy (non-hydrogen) atoms. The molecule has 7 nitrogen and oxygen atoms in total. The zero-order valence-electron chi connectivity index (χ0n) is 16.9. The number of amides is 2. The Balaban J connectivity index is 1.83. The van der Waals surface area contributed by atoms with Crippen molar-refractivity contribution in [3.05, 3.63) is 108 Å². The number of hydrogen-bond donors (Lipinski definition) is 4. The van der Waals surface area contributed by atoms with Gasteiger partial charge in [0.1, 0.15) is 6.04 Å². The molecule has 0 saturated heterocycles. The van der Waals surface area contributed by atoms with Crippen LogP contribution in [0.25, 0.3) is 0 Å². The molecule has 3 aromatic rings. The van der Waals surface area contributed by atoms with Crippen LogP contribution >= 0.6 is 0 Å². The second-order valence-corrected chi connectivity index (χ2v) is 6.84. The van der Waals surface area contributed by atoms with Crippen LogP contribution in [0, 0.1) is 0 Å². The van der Waals surface area contributed by atoms with E-state index in [9.17, 15) is 9.59 Å². The summed E-state index contributed by atoms with van der Waals surface area (Å²) in [5.74, 6) is 5.31. The first-order chi connectivity index (χ1) is 15.1. The van der Waals surface area contributed by atoms with Gasteiger partial charge in [-0.25, -0.2) is 5.84 Å². The van der Waals surface area contributed by atoms with Gasteiger partial charge in [0.2, 0.25) is 5.91 Å². The van der Waals surface area contributed by atoms with Crippen LogP contribution in [-0.2, 0) is 11.2 Å². The molecule has 0 aliphatic heterocycles. The first-order valence-electron chi connectivity index (χ1n) is 9.80. The third kappa shape index (κ3) is 5.94. The summed E-state index contributed by atoms with van der Waals surface area (Å²) in [6.07, 6.45) is 3.11. The van der Waals surface area contributed by atoms with Gasteiger partial charge in [-0.1, -0.05) is 60.7 Å². The molecular formula is C24H25N5O2. The van der Waals surface area contributed by atoms with Gasteiger partial charge < -0.3 is 16.4 Å². The lowest BCUT2D eigenvalue weighted by molar-refractivity contribution is -0.118. The number of nitrogens with one attached hydrogen (secondary N) is 2.